The van der Waals surface area contributed by atoms with Crippen LogP contribution < -0.4 is 10.6 Å². The van der Waals surface area contributed by atoms with Crippen molar-refractivity contribution in [1.82, 2.24) is 9.97 Å². The van der Waals surface area contributed by atoms with Crippen LogP contribution in [0.5, 0.6) is 0 Å². The summed E-state index contributed by atoms with van der Waals surface area (Å²) < 4.78 is 5.34. The summed E-state index contributed by atoms with van der Waals surface area (Å²) in [5.41, 5.74) is 6.42. The van der Waals surface area contributed by atoms with Crippen LogP contribution in [0.25, 0.3) is 0 Å². The second-order valence-corrected chi connectivity index (χ2v) is 4.49. The standard InChI is InChI=1S/C11H16N4OS/c1-16-8-2-4-15(5-3-8)11-9(10(12)17)6-13-7-14-11/h6-8H,2-5H2,1H3,(H2,12,17). The molecule has 1 aliphatic heterocycles. The van der Waals surface area contributed by atoms with Gasteiger partial charge in [-0.1, -0.05) is 12.2 Å². The lowest BCUT2D eigenvalue weighted by Crippen LogP contribution is -2.38. The molecule has 0 aliphatic carbocycles. The van der Waals surface area contributed by atoms with Gasteiger partial charge in [0, 0.05) is 26.4 Å². The highest BCUT2D eigenvalue weighted by molar-refractivity contribution is 7.80. The molecule has 0 atom stereocenters. The third kappa shape index (κ3) is 2.70. The van der Waals surface area contributed by atoms with Crippen LogP contribution in [0.15, 0.2) is 12.5 Å². The average Bonchev–Trinajstić information content (AvgIpc) is 2.39. The molecule has 5 nitrogen and oxygen atoms in total. The minimum Gasteiger partial charge on any atom is -0.389 e. The van der Waals surface area contributed by atoms with Gasteiger partial charge in [-0.15, -0.1) is 0 Å². The molecule has 0 aromatic carbocycles. The van der Waals surface area contributed by atoms with Gasteiger partial charge in [0.05, 0.1) is 11.7 Å². The molecule has 2 rings (SSSR count). The fourth-order valence-electron chi connectivity index (χ4n) is 2.05. The Balaban J connectivity index is 2.15. The van der Waals surface area contributed by atoms with E-state index in [2.05, 4.69) is 14.9 Å². The Labute approximate surface area is 106 Å². The van der Waals surface area contributed by atoms with E-state index in [1.807, 2.05) is 0 Å². The Hall–Kier alpha value is -1.27. The second kappa shape index (κ2) is 5.37. The monoisotopic (exact) mass is 252 g/mol. The third-order valence-corrected chi connectivity index (χ3v) is 3.25. The van der Waals surface area contributed by atoms with Crippen LogP contribution in [-0.2, 0) is 4.74 Å². The number of rotatable bonds is 3. The number of nitrogens with zero attached hydrogens (tertiary/aromatic N) is 3. The predicted octanol–water partition coefficient (Wildman–Crippen LogP) is 0.726. The van der Waals surface area contributed by atoms with Gasteiger partial charge >= 0.3 is 0 Å². The molecule has 1 aromatic heterocycles. The first-order valence-corrected chi connectivity index (χ1v) is 6.00. The van der Waals surface area contributed by atoms with E-state index in [9.17, 15) is 0 Å². The van der Waals surface area contributed by atoms with Crippen LogP contribution in [0.2, 0.25) is 0 Å². The quantitative estimate of drug-likeness (QED) is 0.800. The summed E-state index contributed by atoms with van der Waals surface area (Å²) in [5, 5.41) is 0. The summed E-state index contributed by atoms with van der Waals surface area (Å²) in [5.74, 6) is 0.835. The Bertz CT molecular complexity index is 404. The van der Waals surface area contributed by atoms with Crippen LogP contribution >= 0.6 is 12.2 Å². The normalized spacial score (nSPS) is 17.1. The lowest BCUT2D eigenvalue weighted by atomic mass is 10.1. The molecule has 17 heavy (non-hydrogen) atoms. The van der Waals surface area contributed by atoms with Crippen molar-refractivity contribution in [2.24, 2.45) is 5.73 Å². The van der Waals surface area contributed by atoms with Gasteiger partial charge in [-0.3, -0.25) is 0 Å². The molecule has 0 spiro atoms. The first-order chi connectivity index (χ1) is 8.22. The van der Waals surface area contributed by atoms with Crippen molar-refractivity contribution in [2.75, 3.05) is 25.1 Å². The van der Waals surface area contributed by atoms with E-state index >= 15 is 0 Å². The third-order valence-electron chi connectivity index (χ3n) is 3.03. The highest BCUT2D eigenvalue weighted by atomic mass is 32.1. The number of nitrogens with two attached hydrogens (primary N) is 1. The molecule has 0 saturated carbocycles. The Morgan fingerprint density at radius 3 is 2.82 bits per heavy atom. The van der Waals surface area contributed by atoms with E-state index in [0.717, 1.165) is 37.3 Å². The minimum absolute atomic E-state index is 0.342. The zero-order chi connectivity index (χ0) is 12.3. The van der Waals surface area contributed by atoms with Gasteiger partial charge in [-0.2, -0.15) is 0 Å². The molecule has 2 heterocycles. The predicted molar refractivity (Wildman–Crippen MR) is 70.2 cm³/mol. The maximum absolute atomic E-state index is 5.67. The SMILES string of the molecule is COC1CCN(c2ncncc2C(N)=S)CC1. The van der Waals surface area contributed by atoms with E-state index in [1.165, 1.54) is 6.33 Å². The molecule has 0 radical (unpaired) electrons. The summed E-state index contributed by atoms with van der Waals surface area (Å²) >= 11 is 5.01. The molecule has 0 amide bonds. The molecule has 1 aromatic rings. The van der Waals surface area contributed by atoms with Gasteiger partial charge in [-0.05, 0) is 12.8 Å². The van der Waals surface area contributed by atoms with E-state index in [4.69, 9.17) is 22.7 Å². The maximum atomic E-state index is 5.67. The van der Waals surface area contributed by atoms with Gasteiger partial charge in [0.25, 0.3) is 0 Å². The van der Waals surface area contributed by atoms with Crippen LogP contribution in [0.1, 0.15) is 18.4 Å². The fraction of sp³-hybridized carbons (Fsp3) is 0.545. The van der Waals surface area contributed by atoms with Crippen molar-refractivity contribution in [2.45, 2.75) is 18.9 Å². The highest BCUT2D eigenvalue weighted by Gasteiger charge is 2.22. The molecule has 1 saturated heterocycles. The van der Waals surface area contributed by atoms with Gasteiger partial charge in [0.2, 0.25) is 0 Å². The van der Waals surface area contributed by atoms with E-state index in [0.29, 0.717) is 11.1 Å². The zero-order valence-corrected chi connectivity index (χ0v) is 10.6. The van der Waals surface area contributed by atoms with Gasteiger partial charge in [0.1, 0.15) is 17.1 Å². The smallest absolute Gasteiger partial charge is 0.142 e. The topological polar surface area (TPSA) is 64.3 Å². The largest absolute Gasteiger partial charge is 0.389 e. The molecular weight excluding hydrogens is 236 g/mol. The number of anilines is 1. The second-order valence-electron chi connectivity index (χ2n) is 4.05. The van der Waals surface area contributed by atoms with Gasteiger partial charge < -0.3 is 15.4 Å². The molecule has 1 aliphatic rings. The van der Waals surface area contributed by atoms with Crippen LogP contribution in [-0.4, -0.2) is 41.3 Å². The summed E-state index contributed by atoms with van der Waals surface area (Å²) in [6.45, 7) is 1.82. The number of methoxy groups -OCH3 is 1. The summed E-state index contributed by atoms with van der Waals surface area (Å²) in [6.07, 6.45) is 5.54. The van der Waals surface area contributed by atoms with Crippen molar-refractivity contribution < 1.29 is 4.74 Å². The molecule has 2 N–H and O–H groups in total. The lowest BCUT2D eigenvalue weighted by Gasteiger charge is -2.32. The van der Waals surface area contributed by atoms with Crippen LogP contribution in [0.3, 0.4) is 0 Å². The summed E-state index contributed by atoms with van der Waals surface area (Å²) in [7, 11) is 1.76. The molecule has 92 valence electrons. The number of aromatic nitrogens is 2. The van der Waals surface area contributed by atoms with Crippen LogP contribution in [0.4, 0.5) is 5.82 Å². The zero-order valence-electron chi connectivity index (χ0n) is 9.80. The van der Waals surface area contributed by atoms with E-state index in [1.54, 1.807) is 13.3 Å². The van der Waals surface area contributed by atoms with Gasteiger partial charge in [0.15, 0.2) is 0 Å². The summed E-state index contributed by atoms with van der Waals surface area (Å²) in [4.78, 5) is 10.8. The first kappa shape index (κ1) is 12.2. The number of piperidine rings is 1. The Morgan fingerprint density at radius 2 is 2.24 bits per heavy atom. The molecule has 6 heteroatoms. The number of thiocarbonyl (C=S) groups is 1. The fourth-order valence-corrected chi connectivity index (χ4v) is 2.20. The van der Waals surface area contributed by atoms with Crippen LogP contribution in [0, 0.1) is 0 Å². The van der Waals surface area contributed by atoms with Crippen molar-refractivity contribution in [3.63, 3.8) is 0 Å². The summed E-state index contributed by atoms with van der Waals surface area (Å²) in [6, 6.07) is 0. The Morgan fingerprint density at radius 1 is 1.53 bits per heavy atom. The molecular formula is C11H16N4OS. The Kier molecular flexibility index (Phi) is 3.86. The van der Waals surface area contributed by atoms with E-state index < -0.39 is 0 Å². The first-order valence-electron chi connectivity index (χ1n) is 5.60. The molecule has 0 unspecified atom stereocenters. The number of ether oxygens (including phenoxy) is 1. The maximum Gasteiger partial charge on any atom is 0.142 e. The van der Waals surface area contributed by atoms with Gasteiger partial charge in [-0.25, -0.2) is 9.97 Å². The van der Waals surface area contributed by atoms with Crippen molar-refractivity contribution in [1.29, 1.82) is 0 Å². The van der Waals surface area contributed by atoms with Crippen molar-refractivity contribution >= 4 is 23.0 Å². The number of hydrogen-bond acceptors (Lipinski definition) is 5. The number of hydrogen-bond donors (Lipinski definition) is 1. The molecule has 1 fully saturated rings. The van der Waals surface area contributed by atoms with Crippen molar-refractivity contribution in [3.8, 4) is 0 Å². The highest BCUT2D eigenvalue weighted by Crippen LogP contribution is 2.21. The van der Waals surface area contributed by atoms with Crippen molar-refractivity contribution in [3.05, 3.63) is 18.1 Å². The molecule has 0 bridgehead atoms. The minimum atomic E-state index is 0.342. The lowest BCUT2D eigenvalue weighted by molar-refractivity contribution is 0.0818. The average molecular weight is 252 g/mol. The van der Waals surface area contributed by atoms with E-state index in [-0.39, 0.29) is 0 Å².